The number of Topliss-reactive ketones (excluding diaryl/α,β-unsaturated/α-hetero) is 1. The summed E-state index contributed by atoms with van der Waals surface area (Å²) in [5.74, 6) is -3.93. The number of nitrogens with one attached hydrogen (secondary N) is 2. The number of fused-ring (bicyclic) bond motifs is 1. The molecule has 3 aromatic rings. The lowest BCUT2D eigenvalue weighted by atomic mass is 9.86. The molecular formula is C40H55F3N4O9S. The van der Waals surface area contributed by atoms with Crippen molar-refractivity contribution in [3.63, 3.8) is 0 Å². The zero-order chi connectivity index (χ0) is 42.6. The molecule has 13 nitrogen and oxygen atoms in total. The van der Waals surface area contributed by atoms with E-state index in [4.69, 9.17) is 24.1 Å². The first kappa shape index (κ1) is 46.9. The van der Waals surface area contributed by atoms with Crippen LogP contribution in [0.2, 0.25) is 0 Å². The Bertz CT molecular complexity index is 1950. The molecule has 1 aliphatic rings. The van der Waals surface area contributed by atoms with Crippen LogP contribution >= 0.6 is 0 Å². The van der Waals surface area contributed by atoms with Crippen molar-refractivity contribution in [1.82, 2.24) is 4.90 Å². The van der Waals surface area contributed by atoms with E-state index in [9.17, 15) is 31.2 Å². The lowest BCUT2D eigenvalue weighted by Crippen LogP contribution is -2.48. The summed E-state index contributed by atoms with van der Waals surface area (Å²) < 4.78 is 79.1. The number of carbonyl (C=O) groups is 3. The molecule has 1 saturated heterocycles. The molecule has 0 aliphatic carbocycles. The van der Waals surface area contributed by atoms with Gasteiger partial charge in [0.25, 0.3) is 11.7 Å². The Kier molecular flexibility index (Phi) is 16.7. The van der Waals surface area contributed by atoms with Crippen LogP contribution in [0.25, 0.3) is 10.8 Å². The van der Waals surface area contributed by atoms with Gasteiger partial charge in [0, 0.05) is 37.0 Å². The monoisotopic (exact) mass is 824 g/mol. The van der Waals surface area contributed by atoms with Crippen molar-refractivity contribution in [1.29, 1.82) is 0 Å². The van der Waals surface area contributed by atoms with Crippen LogP contribution in [0.5, 0.6) is 11.5 Å². The third-order valence-electron chi connectivity index (χ3n) is 10.1. The van der Waals surface area contributed by atoms with Crippen LogP contribution in [0, 0.1) is 0 Å². The van der Waals surface area contributed by atoms with Crippen molar-refractivity contribution in [2.24, 2.45) is 0 Å². The number of alkyl halides is 3. The lowest BCUT2D eigenvalue weighted by Gasteiger charge is -2.35. The van der Waals surface area contributed by atoms with E-state index in [0.29, 0.717) is 37.4 Å². The average molecular weight is 825 g/mol. The van der Waals surface area contributed by atoms with Crippen molar-refractivity contribution in [2.45, 2.75) is 59.6 Å². The van der Waals surface area contributed by atoms with Gasteiger partial charge in [-0.15, -0.1) is 0 Å². The molecule has 316 valence electrons. The number of quaternary nitrogens is 1. The normalized spacial score (nSPS) is 14.0. The molecule has 57 heavy (non-hydrogen) atoms. The van der Waals surface area contributed by atoms with Crippen molar-refractivity contribution < 1.29 is 59.8 Å². The first-order valence-electron chi connectivity index (χ1n) is 18.9. The summed E-state index contributed by atoms with van der Waals surface area (Å²) >= 11 is 0. The lowest BCUT2D eigenvalue weighted by molar-refractivity contribution is -0.923. The number of carboxylic acids is 1. The maximum Gasteiger partial charge on any atom is 0.430 e. The number of ether oxygens (including phenoxy) is 3. The van der Waals surface area contributed by atoms with Crippen LogP contribution in [0.15, 0.2) is 48.5 Å². The van der Waals surface area contributed by atoms with Crippen molar-refractivity contribution in [3.05, 3.63) is 59.7 Å². The fraction of sp³-hybridized carbons (Fsp3) is 0.525. The average Bonchev–Trinajstić information content (AvgIpc) is 3.16. The number of rotatable bonds is 17. The molecule has 1 heterocycles. The van der Waals surface area contributed by atoms with E-state index in [0.717, 1.165) is 61.2 Å². The van der Waals surface area contributed by atoms with Crippen molar-refractivity contribution >= 4 is 49.8 Å². The summed E-state index contributed by atoms with van der Waals surface area (Å²) in [6, 6.07) is 14.1. The number of halogens is 3. The summed E-state index contributed by atoms with van der Waals surface area (Å²) in [4.78, 5) is 38.4. The Morgan fingerprint density at radius 3 is 2.05 bits per heavy atom. The summed E-state index contributed by atoms with van der Waals surface area (Å²) in [7, 11) is -2.36. The molecule has 3 aromatic carbocycles. The molecule has 17 heteroatoms. The van der Waals surface area contributed by atoms with Gasteiger partial charge in [-0.2, -0.15) is 13.2 Å². The first-order chi connectivity index (χ1) is 26.7. The maximum absolute atomic E-state index is 13.7. The number of ketones is 1. The number of sulfonamides is 1. The van der Waals surface area contributed by atoms with Gasteiger partial charge in [0.2, 0.25) is 10.0 Å². The van der Waals surface area contributed by atoms with Gasteiger partial charge in [-0.1, -0.05) is 45.0 Å². The standard InChI is InChI=1S/C38H54N4O7S.C2HF3O2/c1-8-42(9-2,10-3)21-13-25-50(45,46)40-33-27-28(38(4,5)6)26-32(36(33)47-7)39-37(44)35(43)31-16-17-34(30-15-12-11-14-29(30)31)49-24-20-41-18-22-48-23-19-41;3-2(4,5)1(6)7/h11-12,14-17,26-27,40H,8-10,13,18-25H2,1-7H3;(H,6,7). The van der Waals surface area contributed by atoms with Crippen LogP contribution in [-0.4, -0.2) is 120 Å². The Balaban J connectivity index is 0.00000113. The fourth-order valence-corrected chi connectivity index (χ4v) is 7.51. The van der Waals surface area contributed by atoms with E-state index < -0.39 is 39.3 Å². The van der Waals surface area contributed by atoms with Gasteiger partial charge in [0.15, 0.2) is 5.75 Å². The number of amides is 1. The minimum absolute atomic E-state index is 0.0594. The van der Waals surface area contributed by atoms with Gasteiger partial charge in [-0.25, -0.2) is 8.42 Å². The van der Waals surface area contributed by atoms with E-state index >= 15 is 0 Å². The number of morpholine rings is 1. The second kappa shape index (κ2) is 20.3. The largest absolute Gasteiger partial charge is 0.542 e. The van der Waals surface area contributed by atoms with E-state index in [2.05, 4.69) is 35.7 Å². The SMILES string of the molecule is CC[N+](CC)(CC)CCCS(=O)(=O)Nc1cc(C(C)(C)C)cc(NC(=O)C(=O)c2ccc(OCCN3CCOCC3)c3ccccc23)c1OC.O=C([O-])C(F)(F)F. The molecule has 0 radical (unpaired) electrons. The zero-order valence-electron chi connectivity index (χ0n) is 33.7. The number of nitrogens with zero attached hydrogens (tertiary/aromatic N) is 2. The highest BCUT2D eigenvalue weighted by molar-refractivity contribution is 7.92. The molecule has 0 bridgehead atoms. The van der Waals surface area contributed by atoms with E-state index in [1.807, 2.05) is 39.0 Å². The number of carbonyl (C=O) groups excluding carboxylic acids is 3. The number of hydrogen-bond acceptors (Lipinski definition) is 10. The molecular weight excluding hydrogens is 770 g/mol. The van der Waals surface area contributed by atoms with E-state index in [1.165, 1.54) is 7.11 Å². The molecule has 0 unspecified atom stereocenters. The van der Waals surface area contributed by atoms with Gasteiger partial charge < -0.3 is 33.9 Å². The number of carboxylic acid groups (broad SMARTS) is 1. The second-order valence-corrected chi connectivity index (χ2v) is 16.5. The Morgan fingerprint density at radius 2 is 1.51 bits per heavy atom. The molecule has 0 saturated carbocycles. The van der Waals surface area contributed by atoms with Crippen molar-refractivity contribution in [3.8, 4) is 11.5 Å². The Hall–Kier alpha value is -4.45. The topological polar surface area (TPSA) is 163 Å². The molecule has 0 aromatic heterocycles. The number of methoxy groups -OCH3 is 1. The smallest absolute Gasteiger partial charge is 0.430 e. The number of hydrogen-bond donors (Lipinski definition) is 2. The molecule has 4 rings (SSSR count). The molecule has 2 N–H and O–H groups in total. The first-order valence-corrected chi connectivity index (χ1v) is 20.5. The highest BCUT2D eigenvalue weighted by Crippen LogP contribution is 2.39. The third-order valence-corrected chi connectivity index (χ3v) is 11.4. The van der Waals surface area contributed by atoms with Gasteiger partial charge in [0.05, 0.1) is 63.6 Å². The van der Waals surface area contributed by atoms with E-state index in [1.54, 1.807) is 30.3 Å². The molecule has 0 atom stereocenters. The minimum atomic E-state index is -5.19. The Labute approximate surface area is 333 Å². The van der Waals surface area contributed by atoms with Crippen LogP contribution < -0.4 is 24.6 Å². The summed E-state index contributed by atoms with van der Waals surface area (Å²) in [6.45, 7) is 20.3. The highest BCUT2D eigenvalue weighted by atomic mass is 32.2. The zero-order valence-corrected chi connectivity index (χ0v) is 34.5. The number of benzene rings is 3. The predicted octanol–water partition coefficient (Wildman–Crippen LogP) is 4.99. The highest BCUT2D eigenvalue weighted by Gasteiger charge is 2.29. The van der Waals surface area contributed by atoms with Crippen LogP contribution in [0.3, 0.4) is 0 Å². The molecule has 0 spiro atoms. The van der Waals surface area contributed by atoms with E-state index in [-0.39, 0.29) is 28.4 Å². The van der Waals surface area contributed by atoms with Gasteiger partial charge in [0.1, 0.15) is 18.3 Å². The molecule has 1 amide bonds. The Morgan fingerprint density at radius 1 is 0.930 bits per heavy atom. The summed E-state index contributed by atoms with van der Waals surface area (Å²) in [6.07, 6.45) is -4.70. The van der Waals surface area contributed by atoms with Gasteiger partial charge in [-0.05, 0) is 61.4 Å². The number of anilines is 2. The summed E-state index contributed by atoms with van der Waals surface area (Å²) in [5, 5.41) is 12.8. The minimum Gasteiger partial charge on any atom is -0.542 e. The quantitative estimate of drug-likeness (QED) is 0.108. The van der Waals surface area contributed by atoms with Crippen LogP contribution in [0.1, 0.15) is 63.9 Å². The molecule has 1 aliphatic heterocycles. The van der Waals surface area contributed by atoms with Crippen LogP contribution in [0.4, 0.5) is 24.5 Å². The van der Waals surface area contributed by atoms with Gasteiger partial charge >= 0.3 is 6.18 Å². The number of aliphatic carboxylic acids is 1. The third kappa shape index (κ3) is 13.3. The predicted molar refractivity (Wildman–Crippen MR) is 211 cm³/mol. The van der Waals surface area contributed by atoms with Gasteiger partial charge in [-0.3, -0.25) is 19.2 Å². The molecule has 1 fully saturated rings. The summed E-state index contributed by atoms with van der Waals surface area (Å²) in [5.41, 5.74) is 0.966. The fourth-order valence-electron chi connectivity index (χ4n) is 6.41. The van der Waals surface area contributed by atoms with Crippen molar-refractivity contribution in [2.75, 3.05) is 88.5 Å². The van der Waals surface area contributed by atoms with Crippen LogP contribution in [-0.2, 0) is 29.8 Å². The maximum atomic E-state index is 13.7. The second-order valence-electron chi connectivity index (χ2n) is 14.7.